The van der Waals surface area contributed by atoms with Crippen molar-refractivity contribution in [1.29, 1.82) is 0 Å². The van der Waals surface area contributed by atoms with E-state index in [1.807, 2.05) is 18.2 Å². The van der Waals surface area contributed by atoms with Crippen LogP contribution >= 0.6 is 17.9 Å². The highest BCUT2D eigenvalue weighted by molar-refractivity contribution is 7.93. The third-order valence-electron chi connectivity index (χ3n) is 2.12. The van der Waals surface area contributed by atoms with Crippen molar-refractivity contribution in [2.45, 2.75) is 0 Å². The second kappa shape index (κ2) is 6.05. The van der Waals surface area contributed by atoms with Gasteiger partial charge in [0.05, 0.1) is 0 Å². The third kappa shape index (κ3) is 3.08. The molecule has 0 saturated carbocycles. The van der Waals surface area contributed by atoms with E-state index < -0.39 is 6.65 Å². The highest BCUT2D eigenvalue weighted by Gasteiger charge is 2.28. The van der Waals surface area contributed by atoms with Gasteiger partial charge in [0.1, 0.15) is 0 Å². The standard InChI is InChI=1S/C12H15ClNOP/c1-3-10-14(11-4-2)16(13,15)12-8-6-5-7-9-12/h3-9H,1-2,10-11H2. The number of rotatable bonds is 6. The first kappa shape index (κ1) is 13.2. The second-order valence-corrected chi connectivity index (χ2v) is 6.75. The fourth-order valence-electron chi connectivity index (χ4n) is 1.36. The van der Waals surface area contributed by atoms with Gasteiger partial charge < -0.3 is 0 Å². The Hall–Kier alpha value is -0.820. The molecule has 4 heteroatoms. The van der Waals surface area contributed by atoms with E-state index in [1.54, 1.807) is 29.0 Å². The number of halogens is 1. The number of hydrogen-bond acceptors (Lipinski definition) is 1. The molecule has 0 N–H and O–H groups in total. The number of benzene rings is 1. The van der Waals surface area contributed by atoms with Crippen LogP contribution in [0.5, 0.6) is 0 Å². The predicted octanol–water partition coefficient (Wildman–Crippen LogP) is 3.42. The first-order chi connectivity index (χ1) is 7.62. The van der Waals surface area contributed by atoms with Gasteiger partial charge in [-0.25, -0.2) is 4.67 Å². The first-order valence-electron chi connectivity index (χ1n) is 4.95. The quantitative estimate of drug-likeness (QED) is 0.573. The highest BCUT2D eigenvalue weighted by Crippen LogP contribution is 2.53. The molecular formula is C12H15ClNOP. The van der Waals surface area contributed by atoms with Crippen LogP contribution in [0.1, 0.15) is 0 Å². The average molecular weight is 256 g/mol. The summed E-state index contributed by atoms with van der Waals surface area (Å²) in [5.41, 5.74) is 0. The largest absolute Gasteiger partial charge is 0.284 e. The Morgan fingerprint density at radius 3 is 2.12 bits per heavy atom. The molecule has 0 amide bonds. The lowest BCUT2D eigenvalue weighted by Gasteiger charge is -2.24. The van der Waals surface area contributed by atoms with Crippen LogP contribution in [0.15, 0.2) is 55.6 Å². The van der Waals surface area contributed by atoms with E-state index in [1.165, 1.54) is 0 Å². The molecule has 0 aliphatic rings. The van der Waals surface area contributed by atoms with Gasteiger partial charge in [-0.2, -0.15) is 0 Å². The minimum Gasteiger partial charge on any atom is -0.284 e. The summed E-state index contributed by atoms with van der Waals surface area (Å²) in [6.45, 7) is 5.19. The Bertz CT molecular complexity index is 395. The van der Waals surface area contributed by atoms with Crippen LogP contribution in [0.2, 0.25) is 0 Å². The maximum absolute atomic E-state index is 12.5. The molecule has 0 fully saturated rings. The van der Waals surface area contributed by atoms with Crippen LogP contribution in [0.3, 0.4) is 0 Å². The monoisotopic (exact) mass is 255 g/mol. The molecule has 1 aromatic rings. The summed E-state index contributed by atoms with van der Waals surface area (Å²) in [5, 5.41) is 0.639. The van der Waals surface area contributed by atoms with Gasteiger partial charge in [-0.1, -0.05) is 30.4 Å². The van der Waals surface area contributed by atoms with Gasteiger partial charge in [-0.15, -0.1) is 13.2 Å². The number of hydrogen-bond donors (Lipinski definition) is 0. The molecule has 0 aliphatic carbocycles. The van der Waals surface area contributed by atoms with E-state index >= 15 is 0 Å². The van der Waals surface area contributed by atoms with Crippen molar-refractivity contribution in [2.24, 2.45) is 0 Å². The minimum atomic E-state index is -3.03. The smallest absolute Gasteiger partial charge is 0.264 e. The van der Waals surface area contributed by atoms with Gasteiger partial charge in [-0.3, -0.25) is 4.57 Å². The van der Waals surface area contributed by atoms with E-state index in [4.69, 9.17) is 11.2 Å². The third-order valence-corrected chi connectivity index (χ3v) is 5.33. The molecule has 0 radical (unpaired) electrons. The molecule has 0 aromatic heterocycles. The molecule has 0 bridgehead atoms. The van der Waals surface area contributed by atoms with Crippen molar-refractivity contribution in [2.75, 3.05) is 13.1 Å². The molecule has 0 aliphatic heterocycles. The van der Waals surface area contributed by atoms with Crippen molar-refractivity contribution in [3.63, 3.8) is 0 Å². The van der Waals surface area contributed by atoms with E-state index in [2.05, 4.69) is 13.2 Å². The molecule has 0 heterocycles. The lowest BCUT2D eigenvalue weighted by molar-refractivity contribution is 0.493. The second-order valence-electron chi connectivity index (χ2n) is 3.29. The Balaban J connectivity index is 3.02. The van der Waals surface area contributed by atoms with E-state index in [-0.39, 0.29) is 0 Å². The summed E-state index contributed by atoms with van der Waals surface area (Å²) in [4.78, 5) is 0. The fraction of sp³-hybridized carbons (Fsp3) is 0.167. The van der Waals surface area contributed by atoms with E-state index in [9.17, 15) is 4.57 Å². The van der Waals surface area contributed by atoms with Gasteiger partial charge >= 0.3 is 0 Å². The Labute approximate surface area is 101 Å². The van der Waals surface area contributed by atoms with Gasteiger partial charge in [0.25, 0.3) is 6.65 Å². The molecule has 86 valence electrons. The summed E-state index contributed by atoms with van der Waals surface area (Å²) in [7, 11) is 0. The molecule has 1 atom stereocenters. The number of nitrogens with zero attached hydrogens (tertiary/aromatic N) is 1. The fourth-order valence-corrected chi connectivity index (χ4v) is 3.58. The Morgan fingerprint density at radius 1 is 1.19 bits per heavy atom. The first-order valence-corrected chi connectivity index (χ1v) is 7.52. The molecule has 0 spiro atoms. The molecule has 2 nitrogen and oxygen atoms in total. The molecule has 0 saturated heterocycles. The van der Waals surface area contributed by atoms with Crippen molar-refractivity contribution in [3.05, 3.63) is 55.6 Å². The Morgan fingerprint density at radius 2 is 1.69 bits per heavy atom. The summed E-state index contributed by atoms with van der Waals surface area (Å²) in [6, 6.07) is 9.06. The van der Waals surface area contributed by atoms with Crippen molar-refractivity contribution < 1.29 is 4.57 Å². The van der Waals surface area contributed by atoms with Crippen LogP contribution in [0.25, 0.3) is 0 Å². The molecule has 1 aromatic carbocycles. The van der Waals surface area contributed by atoms with Crippen LogP contribution < -0.4 is 5.30 Å². The van der Waals surface area contributed by atoms with Crippen molar-refractivity contribution in [3.8, 4) is 0 Å². The predicted molar refractivity (Wildman–Crippen MR) is 71.5 cm³/mol. The molecule has 1 unspecified atom stereocenters. The maximum Gasteiger partial charge on any atom is 0.264 e. The summed E-state index contributed by atoms with van der Waals surface area (Å²) in [6.07, 6.45) is 3.36. The summed E-state index contributed by atoms with van der Waals surface area (Å²) in [5.74, 6) is 0. The normalized spacial score (nSPS) is 14.4. The zero-order valence-corrected chi connectivity index (χ0v) is 10.7. The molecule has 1 rings (SSSR count). The Kier molecular flexibility index (Phi) is 5.01. The molecular weight excluding hydrogens is 241 g/mol. The van der Waals surface area contributed by atoms with Crippen LogP contribution in [-0.4, -0.2) is 17.8 Å². The molecule has 16 heavy (non-hydrogen) atoms. The van der Waals surface area contributed by atoms with E-state index in [0.717, 1.165) is 0 Å². The van der Waals surface area contributed by atoms with Crippen LogP contribution in [0.4, 0.5) is 0 Å². The van der Waals surface area contributed by atoms with E-state index in [0.29, 0.717) is 18.4 Å². The zero-order valence-electron chi connectivity index (χ0n) is 9.05. The maximum atomic E-state index is 12.5. The SMILES string of the molecule is C=CCN(CC=C)P(=O)(Cl)c1ccccc1. The van der Waals surface area contributed by atoms with Gasteiger partial charge in [0.15, 0.2) is 0 Å². The van der Waals surface area contributed by atoms with Crippen LogP contribution in [-0.2, 0) is 4.57 Å². The van der Waals surface area contributed by atoms with Gasteiger partial charge in [0, 0.05) is 18.4 Å². The zero-order chi connectivity index (χ0) is 12.0. The van der Waals surface area contributed by atoms with Gasteiger partial charge in [-0.05, 0) is 23.4 Å². The average Bonchev–Trinajstić information content (AvgIpc) is 2.30. The van der Waals surface area contributed by atoms with Crippen molar-refractivity contribution >= 4 is 23.2 Å². The lowest BCUT2D eigenvalue weighted by Crippen LogP contribution is -2.23. The highest BCUT2D eigenvalue weighted by atomic mass is 35.7. The van der Waals surface area contributed by atoms with Crippen LogP contribution in [0, 0.1) is 0 Å². The van der Waals surface area contributed by atoms with Gasteiger partial charge in [0.2, 0.25) is 0 Å². The minimum absolute atomic E-state index is 0.474. The summed E-state index contributed by atoms with van der Waals surface area (Å²) < 4.78 is 14.2. The topological polar surface area (TPSA) is 20.3 Å². The lowest BCUT2D eigenvalue weighted by atomic mass is 10.4. The van der Waals surface area contributed by atoms with Crippen molar-refractivity contribution in [1.82, 2.24) is 4.67 Å². The summed E-state index contributed by atoms with van der Waals surface area (Å²) >= 11 is 6.17.